The predicted octanol–water partition coefficient (Wildman–Crippen LogP) is 6.94. The Kier molecular flexibility index (Phi) is 8.43. The van der Waals surface area contributed by atoms with Crippen molar-refractivity contribution in [1.29, 1.82) is 0 Å². The number of nitrogens with zero attached hydrogens (tertiary/aromatic N) is 1. The summed E-state index contributed by atoms with van der Waals surface area (Å²) < 4.78 is 10.9. The monoisotopic (exact) mass is 431 g/mol. The van der Waals surface area contributed by atoms with E-state index >= 15 is 0 Å². The molecule has 3 rings (SSSR count). The summed E-state index contributed by atoms with van der Waals surface area (Å²) in [5.74, 6) is 0.511. The summed E-state index contributed by atoms with van der Waals surface area (Å²) in [5, 5.41) is 0. The fourth-order valence-electron chi connectivity index (χ4n) is 3.71. The lowest BCUT2D eigenvalue weighted by Gasteiger charge is -2.20. The molecule has 0 fully saturated rings. The smallest absolute Gasteiger partial charge is 0.311 e. The Hall–Kier alpha value is -3.14. The Morgan fingerprint density at radius 3 is 2.09 bits per heavy atom. The molecule has 1 aromatic heterocycles. The largest absolute Gasteiger partial charge is 0.478 e. The highest BCUT2D eigenvalue weighted by Gasteiger charge is 2.27. The van der Waals surface area contributed by atoms with Crippen LogP contribution in [0.25, 0.3) is 22.4 Å². The van der Waals surface area contributed by atoms with Gasteiger partial charge >= 0.3 is 5.97 Å². The molecule has 32 heavy (non-hydrogen) atoms. The highest BCUT2D eigenvalue weighted by molar-refractivity contribution is 5.75. The van der Waals surface area contributed by atoms with Gasteiger partial charge in [0.2, 0.25) is 5.88 Å². The van der Waals surface area contributed by atoms with Crippen molar-refractivity contribution in [3.63, 3.8) is 0 Å². The second-order valence-electron chi connectivity index (χ2n) is 8.70. The number of unbranched alkanes of at least 4 members (excludes halogenated alkanes) is 3. The van der Waals surface area contributed by atoms with Gasteiger partial charge in [0.05, 0.1) is 24.8 Å². The van der Waals surface area contributed by atoms with E-state index in [0.29, 0.717) is 12.5 Å². The van der Waals surface area contributed by atoms with Crippen LogP contribution >= 0.6 is 0 Å². The summed E-state index contributed by atoms with van der Waals surface area (Å²) in [7, 11) is 1.45. The molecule has 0 amide bonds. The highest BCUT2D eigenvalue weighted by atomic mass is 16.5. The average molecular weight is 432 g/mol. The molecule has 0 unspecified atom stereocenters. The van der Waals surface area contributed by atoms with Gasteiger partial charge < -0.3 is 9.47 Å². The number of esters is 1. The van der Waals surface area contributed by atoms with E-state index in [2.05, 4.69) is 30.3 Å². The van der Waals surface area contributed by atoms with Crippen molar-refractivity contribution in [3.05, 3.63) is 72.8 Å². The van der Waals surface area contributed by atoms with Crippen LogP contribution in [-0.2, 0) is 9.53 Å². The van der Waals surface area contributed by atoms with Gasteiger partial charge in [-0.05, 0) is 43.9 Å². The molecule has 3 aromatic rings. The Bertz CT molecular complexity index is 926. The lowest BCUT2D eigenvalue weighted by molar-refractivity contribution is -0.151. The highest BCUT2D eigenvalue weighted by Crippen LogP contribution is 2.29. The van der Waals surface area contributed by atoms with E-state index in [4.69, 9.17) is 14.5 Å². The van der Waals surface area contributed by atoms with E-state index in [9.17, 15) is 4.79 Å². The van der Waals surface area contributed by atoms with Crippen LogP contribution in [0.4, 0.5) is 0 Å². The third-order valence-electron chi connectivity index (χ3n) is 5.66. The van der Waals surface area contributed by atoms with Crippen LogP contribution in [0.2, 0.25) is 0 Å². The van der Waals surface area contributed by atoms with Crippen LogP contribution in [0.1, 0.15) is 46.0 Å². The fraction of sp³-hybridized carbons (Fsp3) is 0.357. The molecule has 0 aliphatic rings. The second-order valence-corrected chi connectivity index (χ2v) is 8.70. The Morgan fingerprint density at radius 2 is 1.44 bits per heavy atom. The van der Waals surface area contributed by atoms with Crippen molar-refractivity contribution in [2.75, 3.05) is 13.7 Å². The molecule has 0 aliphatic heterocycles. The summed E-state index contributed by atoms with van der Waals surface area (Å²) in [6.45, 7) is 4.51. The van der Waals surface area contributed by atoms with Crippen molar-refractivity contribution >= 4 is 5.97 Å². The molecule has 0 saturated carbocycles. The molecule has 0 N–H and O–H groups in total. The molecule has 0 spiro atoms. The summed E-state index contributed by atoms with van der Waals surface area (Å²) in [4.78, 5) is 16.5. The molecule has 0 radical (unpaired) electrons. The minimum atomic E-state index is -0.416. The van der Waals surface area contributed by atoms with Crippen LogP contribution in [0, 0.1) is 5.41 Å². The van der Waals surface area contributed by atoms with Gasteiger partial charge in [0, 0.05) is 11.6 Å². The first kappa shape index (κ1) is 23.5. The zero-order valence-electron chi connectivity index (χ0n) is 19.3. The maximum Gasteiger partial charge on any atom is 0.311 e. The van der Waals surface area contributed by atoms with Crippen molar-refractivity contribution in [2.45, 2.75) is 46.0 Å². The number of benzene rings is 2. The van der Waals surface area contributed by atoms with E-state index in [0.717, 1.165) is 54.5 Å². The number of methoxy groups -OCH3 is 1. The predicted molar refractivity (Wildman–Crippen MR) is 129 cm³/mol. The average Bonchev–Trinajstić information content (AvgIpc) is 2.83. The normalized spacial score (nSPS) is 11.2. The number of carbonyl (C=O) groups excluding carboxylic acids is 1. The molecule has 0 atom stereocenters. The van der Waals surface area contributed by atoms with Gasteiger partial charge in [0.25, 0.3) is 0 Å². The first-order valence-electron chi connectivity index (χ1n) is 11.3. The Morgan fingerprint density at radius 1 is 0.812 bits per heavy atom. The van der Waals surface area contributed by atoms with Gasteiger partial charge in [-0.15, -0.1) is 0 Å². The van der Waals surface area contributed by atoms with Crippen LogP contribution in [0.15, 0.2) is 72.8 Å². The summed E-state index contributed by atoms with van der Waals surface area (Å²) >= 11 is 0. The molecule has 0 bridgehead atoms. The SMILES string of the molecule is COC(=O)C(C)(C)CCCCCCOc1cc(-c2ccccc2)cc(-c2ccccc2)n1. The molecule has 0 saturated heterocycles. The van der Waals surface area contributed by atoms with Gasteiger partial charge in [-0.3, -0.25) is 4.79 Å². The lowest BCUT2D eigenvalue weighted by Crippen LogP contribution is -2.25. The number of pyridine rings is 1. The minimum absolute atomic E-state index is 0.139. The number of rotatable bonds is 11. The topological polar surface area (TPSA) is 48.4 Å². The van der Waals surface area contributed by atoms with E-state index in [-0.39, 0.29) is 5.97 Å². The summed E-state index contributed by atoms with van der Waals surface area (Å²) in [6.07, 6.45) is 4.91. The number of hydrogen-bond donors (Lipinski definition) is 0. The van der Waals surface area contributed by atoms with E-state index in [1.807, 2.05) is 56.3 Å². The second kappa shape index (κ2) is 11.5. The molecule has 1 heterocycles. The van der Waals surface area contributed by atoms with Gasteiger partial charge in [0.15, 0.2) is 0 Å². The fourth-order valence-corrected chi connectivity index (χ4v) is 3.71. The maximum atomic E-state index is 11.8. The van der Waals surface area contributed by atoms with Gasteiger partial charge in [-0.25, -0.2) is 4.98 Å². The van der Waals surface area contributed by atoms with Crippen molar-refractivity contribution in [2.24, 2.45) is 5.41 Å². The molecular weight excluding hydrogens is 398 g/mol. The maximum absolute atomic E-state index is 11.8. The molecule has 168 valence electrons. The van der Waals surface area contributed by atoms with Crippen LogP contribution in [0.3, 0.4) is 0 Å². The first-order chi connectivity index (χ1) is 15.5. The zero-order valence-corrected chi connectivity index (χ0v) is 19.3. The third kappa shape index (κ3) is 6.68. The van der Waals surface area contributed by atoms with E-state index in [1.165, 1.54) is 7.11 Å². The van der Waals surface area contributed by atoms with Crippen molar-refractivity contribution in [3.8, 4) is 28.3 Å². The summed E-state index contributed by atoms with van der Waals surface area (Å²) in [5.41, 5.74) is 3.81. The number of aromatic nitrogens is 1. The third-order valence-corrected chi connectivity index (χ3v) is 5.66. The van der Waals surface area contributed by atoms with Crippen molar-refractivity contribution in [1.82, 2.24) is 4.98 Å². The summed E-state index contributed by atoms with van der Waals surface area (Å²) in [6, 6.07) is 24.6. The Labute approximate surface area is 191 Å². The van der Waals surface area contributed by atoms with Crippen molar-refractivity contribution < 1.29 is 14.3 Å². The van der Waals surface area contributed by atoms with E-state index < -0.39 is 5.41 Å². The number of carbonyl (C=O) groups is 1. The molecule has 4 heteroatoms. The van der Waals surface area contributed by atoms with Crippen LogP contribution in [-0.4, -0.2) is 24.7 Å². The lowest BCUT2D eigenvalue weighted by atomic mass is 9.87. The standard InChI is InChI=1S/C28H33NO3/c1-28(2,27(30)31-3)18-12-4-5-13-19-32-26-21-24(22-14-8-6-9-15-22)20-25(29-26)23-16-10-7-11-17-23/h6-11,14-17,20-21H,4-5,12-13,18-19H2,1-3H3. The number of hydrogen-bond acceptors (Lipinski definition) is 4. The zero-order chi connectivity index (χ0) is 22.8. The van der Waals surface area contributed by atoms with Crippen LogP contribution in [0.5, 0.6) is 5.88 Å². The van der Waals surface area contributed by atoms with Gasteiger partial charge in [-0.2, -0.15) is 0 Å². The van der Waals surface area contributed by atoms with Gasteiger partial charge in [0.1, 0.15) is 0 Å². The molecule has 4 nitrogen and oxygen atoms in total. The van der Waals surface area contributed by atoms with Crippen LogP contribution < -0.4 is 4.74 Å². The number of ether oxygens (including phenoxy) is 2. The minimum Gasteiger partial charge on any atom is -0.478 e. The Balaban J connectivity index is 1.57. The molecule has 0 aliphatic carbocycles. The first-order valence-corrected chi connectivity index (χ1v) is 11.3. The quantitative estimate of drug-likeness (QED) is 0.244. The van der Waals surface area contributed by atoms with Gasteiger partial charge in [-0.1, -0.05) is 79.9 Å². The molecular formula is C28H33NO3. The molecule has 2 aromatic carbocycles. The van der Waals surface area contributed by atoms with E-state index in [1.54, 1.807) is 0 Å².